The molecule has 0 amide bonds. The van der Waals surface area contributed by atoms with Crippen LogP contribution in [0.15, 0.2) is 0 Å². The van der Waals surface area contributed by atoms with Crippen LogP contribution < -0.4 is 5.32 Å². The Bertz CT molecular complexity index is 73.5. The molecule has 1 aliphatic rings. The summed E-state index contributed by atoms with van der Waals surface area (Å²) in [4.78, 5) is 2.38. The number of hydrogen-bond donors (Lipinski definition) is 1. The molecular formula is C6H15Cl3N2. The molecule has 0 bridgehead atoms. The molecule has 0 radical (unpaired) electrons. The van der Waals surface area contributed by atoms with E-state index in [0.29, 0.717) is 0 Å². The van der Waals surface area contributed by atoms with Crippen LogP contribution in [0.2, 0.25) is 0 Å². The molecule has 0 aromatic heterocycles. The minimum atomic E-state index is 0. The van der Waals surface area contributed by atoms with E-state index >= 15 is 0 Å². The number of rotatable bonds is 2. The van der Waals surface area contributed by atoms with Crippen molar-refractivity contribution >= 4 is 36.4 Å². The lowest BCUT2D eigenvalue weighted by molar-refractivity contribution is 0.254. The Morgan fingerprint density at radius 3 is 2.18 bits per heavy atom. The number of alkyl halides is 1. The summed E-state index contributed by atoms with van der Waals surface area (Å²) < 4.78 is 0. The van der Waals surface area contributed by atoms with Crippen LogP contribution in [0.25, 0.3) is 0 Å². The third-order valence-electron chi connectivity index (χ3n) is 1.61. The van der Waals surface area contributed by atoms with Gasteiger partial charge in [-0.05, 0) is 0 Å². The van der Waals surface area contributed by atoms with Gasteiger partial charge >= 0.3 is 0 Å². The van der Waals surface area contributed by atoms with E-state index in [1.165, 1.54) is 0 Å². The summed E-state index contributed by atoms with van der Waals surface area (Å²) in [5.41, 5.74) is 0. The highest BCUT2D eigenvalue weighted by atomic mass is 35.5. The van der Waals surface area contributed by atoms with Gasteiger partial charge in [0.25, 0.3) is 0 Å². The Labute approximate surface area is 85.5 Å². The van der Waals surface area contributed by atoms with Crippen molar-refractivity contribution in [3.63, 3.8) is 0 Å². The van der Waals surface area contributed by atoms with Crippen LogP contribution in [-0.2, 0) is 0 Å². The average Bonchev–Trinajstić information content (AvgIpc) is 1.91. The molecule has 0 atom stereocenters. The first kappa shape index (κ1) is 14.3. The third-order valence-corrected chi connectivity index (χ3v) is 1.78. The second-order valence-corrected chi connectivity index (χ2v) is 2.66. The largest absolute Gasteiger partial charge is 0.314 e. The Morgan fingerprint density at radius 2 is 1.73 bits per heavy atom. The van der Waals surface area contributed by atoms with Crippen molar-refractivity contribution in [2.24, 2.45) is 0 Å². The molecule has 1 rings (SSSR count). The molecule has 0 aliphatic carbocycles. The van der Waals surface area contributed by atoms with Crippen LogP contribution in [0.4, 0.5) is 0 Å². The molecule has 0 aromatic rings. The maximum absolute atomic E-state index is 5.57. The van der Waals surface area contributed by atoms with Crippen LogP contribution in [0.5, 0.6) is 0 Å². The fourth-order valence-corrected chi connectivity index (χ4v) is 1.29. The first-order valence-corrected chi connectivity index (χ1v) is 3.96. The molecule has 2 nitrogen and oxygen atoms in total. The molecule has 1 N–H and O–H groups in total. The average molecular weight is 222 g/mol. The number of halogens is 3. The maximum Gasteiger partial charge on any atom is 0.0351 e. The zero-order chi connectivity index (χ0) is 6.53. The highest BCUT2D eigenvalue weighted by Gasteiger charge is 2.06. The van der Waals surface area contributed by atoms with E-state index in [-0.39, 0.29) is 24.8 Å². The SMILES string of the molecule is Cl.Cl.ClCCN1CCNCC1. The van der Waals surface area contributed by atoms with Crippen LogP contribution in [0.1, 0.15) is 0 Å². The van der Waals surface area contributed by atoms with Crippen LogP contribution in [0, 0.1) is 0 Å². The molecule has 1 aliphatic heterocycles. The van der Waals surface area contributed by atoms with Gasteiger partial charge in [-0.1, -0.05) is 0 Å². The minimum Gasteiger partial charge on any atom is -0.314 e. The van der Waals surface area contributed by atoms with Gasteiger partial charge in [0.2, 0.25) is 0 Å². The topological polar surface area (TPSA) is 15.3 Å². The van der Waals surface area contributed by atoms with E-state index in [2.05, 4.69) is 10.2 Å². The van der Waals surface area contributed by atoms with Gasteiger partial charge in [-0.25, -0.2) is 0 Å². The fraction of sp³-hybridized carbons (Fsp3) is 1.00. The second kappa shape index (κ2) is 8.88. The molecule has 1 saturated heterocycles. The van der Waals surface area contributed by atoms with Crippen molar-refractivity contribution in [1.82, 2.24) is 10.2 Å². The first-order chi connectivity index (χ1) is 4.43. The highest BCUT2D eigenvalue weighted by molar-refractivity contribution is 6.18. The van der Waals surface area contributed by atoms with E-state index in [1.54, 1.807) is 0 Å². The predicted molar refractivity (Wildman–Crippen MR) is 54.5 cm³/mol. The molecule has 11 heavy (non-hydrogen) atoms. The van der Waals surface area contributed by atoms with Gasteiger partial charge < -0.3 is 5.32 Å². The molecule has 0 spiro atoms. The molecular weight excluding hydrogens is 206 g/mol. The Hall–Kier alpha value is 0.790. The standard InChI is InChI=1S/C6H13ClN2.2ClH/c7-1-4-9-5-2-8-3-6-9;;/h8H,1-6H2;2*1H. The molecule has 0 saturated carbocycles. The Balaban J connectivity index is 0. The van der Waals surface area contributed by atoms with Gasteiger partial charge in [0.05, 0.1) is 0 Å². The van der Waals surface area contributed by atoms with Crippen molar-refractivity contribution < 1.29 is 0 Å². The van der Waals surface area contributed by atoms with Gasteiger partial charge in [0, 0.05) is 38.6 Å². The monoisotopic (exact) mass is 220 g/mol. The van der Waals surface area contributed by atoms with Crippen molar-refractivity contribution in [3.8, 4) is 0 Å². The van der Waals surface area contributed by atoms with Crippen LogP contribution >= 0.6 is 36.4 Å². The van der Waals surface area contributed by atoms with Crippen LogP contribution in [-0.4, -0.2) is 43.5 Å². The molecule has 0 aromatic carbocycles. The quantitative estimate of drug-likeness (QED) is 0.699. The summed E-state index contributed by atoms with van der Waals surface area (Å²) in [6.45, 7) is 5.61. The highest BCUT2D eigenvalue weighted by Crippen LogP contribution is 1.91. The third kappa shape index (κ3) is 6.00. The first-order valence-electron chi connectivity index (χ1n) is 3.42. The Kier molecular flexibility index (Phi) is 11.6. The predicted octanol–water partition coefficient (Wildman–Crippen LogP) is 0.974. The fourth-order valence-electron chi connectivity index (χ4n) is 1.05. The van der Waals surface area contributed by atoms with E-state index in [9.17, 15) is 0 Å². The summed E-state index contributed by atoms with van der Waals surface area (Å²) >= 11 is 5.57. The number of nitrogens with zero attached hydrogens (tertiary/aromatic N) is 1. The van der Waals surface area contributed by atoms with Gasteiger partial charge in [0.15, 0.2) is 0 Å². The lowest BCUT2D eigenvalue weighted by Gasteiger charge is -2.25. The second-order valence-electron chi connectivity index (χ2n) is 2.28. The van der Waals surface area contributed by atoms with Gasteiger partial charge in [-0.3, -0.25) is 4.90 Å². The summed E-state index contributed by atoms with van der Waals surface area (Å²) in [6.07, 6.45) is 0. The van der Waals surface area contributed by atoms with Crippen molar-refractivity contribution in [2.45, 2.75) is 0 Å². The summed E-state index contributed by atoms with van der Waals surface area (Å²) in [5, 5.41) is 3.29. The van der Waals surface area contributed by atoms with Crippen molar-refractivity contribution in [2.75, 3.05) is 38.6 Å². The minimum absolute atomic E-state index is 0. The van der Waals surface area contributed by atoms with E-state index in [4.69, 9.17) is 11.6 Å². The lowest BCUT2D eigenvalue weighted by atomic mass is 10.4. The molecule has 1 fully saturated rings. The lowest BCUT2D eigenvalue weighted by Crippen LogP contribution is -2.44. The van der Waals surface area contributed by atoms with Crippen molar-refractivity contribution in [1.29, 1.82) is 0 Å². The maximum atomic E-state index is 5.57. The number of hydrogen-bond acceptors (Lipinski definition) is 2. The number of piperazine rings is 1. The Morgan fingerprint density at radius 1 is 1.18 bits per heavy atom. The van der Waals surface area contributed by atoms with E-state index in [0.717, 1.165) is 38.6 Å². The summed E-state index contributed by atoms with van der Waals surface area (Å²) in [6, 6.07) is 0. The molecule has 1 heterocycles. The van der Waals surface area contributed by atoms with Crippen LogP contribution in [0.3, 0.4) is 0 Å². The van der Waals surface area contributed by atoms with Gasteiger partial charge in [-0.15, -0.1) is 36.4 Å². The molecule has 5 heteroatoms. The summed E-state index contributed by atoms with van der Waals surface area (Å²) in [5.74, 6) is 0.764. The van der Waals surface area contributed by atoms with E-state index in [1.807, 2.05) is 0 Å². The zero-order valence-electron chi connectivity index (χ0n) is 6.38. The molecule has 0 unspecified atom stereocenters. The van der Waals surface area contributed by atoms with E-state index < -0.39 is 0 Å². The smallest absolute Gasteiger partial charge is 0.0351 e. The molecule has 70 valence electrons. The summed E-state index contributed by atoms with van der Waals surface area (Å²) in [7, 11) is 0. The normalized spacial score (nSPS) is 18.3. The van der Waals surface area contributed by atoms with Gasteiger partial charge in [0.1, 0.15) is 0 Å². The zero-order valence-corrected chi connectivity index (χ0v) is 8.77. The van der Waals surface area contributed by atoms with Crippen molar-refractivity contribution in [3.05, 3.63) is 0 Å². The number of nitrogens with one attached hydrogen (secondary N) is 1. The van der Waals surface area contributed by atoms with Gasteiger partial charge in [-0.2, -0.15) is 0 Å².